The first kappa shape index (κ1) is 52.2. The number of phosphoric acid groups is 1. The molecule has 3 unspecified atom stereocenters. The normalized spacial score (nSPS) is 14.5. The number of unbranched alkanes of at least 4 members (excludes halogenated alkanes) is 26. The predicted octanol–water partition coefficient (Wildman–Crippen LogP) is 12.4. The molecule has 53 heavy (non-hydrogen) atoms. The number of quaternary nitrogens is 1. The second-order valence-electron chi connectivity index (χ2n) is 16.8. The van der Waals surface area contributed by atoms with Gasteiger partial charge in [0.1, 0.15) is 13.2 Å². The minimum Gasteiger partial charge on any atom is -0.391 e. The highest BCUT2D eigenvalue weighted by molar-refractivity contribution is 7.47. The molecule has 0 heterocycles. The van der Waals surface area contributed by atoms with Gasteiger partial charge in [0, 0.05) is 6.42 Å². The van der Waals surface area contributed by atoms with Crippen LogP contribution in [0.1, 0.15) is 213 Å². The van der Waals surface area contributed by atoms with E-state index in [2.05, 4.69) is 31.3 Å². The molecule has 3 atom stereocenters. The monoisotopic (exact) mass is 774 g/mol. The molecule has 0 spiro atoms. The van der Waals surface area contributed by atoms with Gasteiger partial charge in [-0.15, -0.1) is 0 Å². The first-order valence-electron chi connectivity index (χ1n) is 22.6. The number of hydrogen-bond donors (Lipinski definition) is 3. The van der Waals surface area contributed by atoms with Crippen LogP contribution >= 0.6 is 7.82 Å². The molecule has 9 heteroatoms. The quantitative estimate of drug-likeness (QED) is 0.0247. The largest absolute Gasteiger partial charge is 0.472 e. The molecule has 0 aliphatic rings. The lowest BCUT2D eigenvalue weighted by Gasteiger charge is -2.26. The highest BCUT2D eigenvalue weighted by atomic mass is 31.2. The minimum atomic E-state index is -4.30. The van der Waals surface area contributed by atoms with E-state index in [0.29, 0.717) is 23.9 Å². The molecule has 0 aliphatic heterocycles. The average molecular weight is 774 g/mol. The summed E-state index contributed by atoms with van der Waals surface area (Å²) in [5.41, 5.74) is 0. The third kappa shape index (κ3) is 39.3. The predicted molar refractivity (Wildman–Crippen MR) is 226 cm³/mol. The van der Waals surface area contributed by atoms with Gasteiger partial charge in [-0.3, -0.25) is 13.8 Å². The van der Waals surface area contributed by atoms with Crippen molar-refractivity contribution in [1.29, 1.82) is 0 Å². The summed E-state index contributed by atoms with van der Waals surface area (Å²) in [6, 6.07) is -0.753. The van der Waals surface area contributed by atoms with Crippen LogP contribution < -0.4 is 5.32 Å². The highest BCUT2D eigenvalue weighted by Crippen LogP contribution is 2.43. The lowest BCUT2D eigenvalue weighted by atomic mass is 10.0. The van der Waals surface area contributed by atoms with Crippen molar-refractivity contribution < 1.29 is 32.9 Å². The van der Waals surface area contributed by atoms with Gasteiger partial charge in [-0.2, -0.15) is 0 Å². The van der Waals surface area contributed by atoms with Crippen LogP contribution in [-0.4, -0.2) is 73.4 Å². The molecule has 0 fully saturated rings. The zero-order chi connectivity index (χ0) is 39.3. The lowest BCUT2D eigenvalue weighted by Crippen LogP contribution is -2.46. The number of likely N-dealkylation sites (N-methyl/N-ethyl adjacent to an activating group) is 1. The number of aliphatic hydroxyl groups excluding tert-OH is 1. The Bertz CT molecular complexity index is 880. The van der Waals surface area contributed by atoms with Gasteiger partial charge in [0.15, 0.2) is 0 Å². The fourth-order valence-corrected chi connectivity index (χ4v) is 7.36. The van der Waals surface area contributed by atoms with Crippen molar-refractivity contribution in [2.75, 3.05) is 40.9 Å². The van der Waals surface area contributed by atoms with Gasteiger partial charge in [0.05, 0.1) is 39.9 Å². The van der Waals surface area contributed by atoms with Crippen LogP contribution in [0.2, 0.25) is 0 Å². The Morgan fingerprint density at radius 3 is 1.45 bits per heavy atom. The van der Waals surface area contributed by atoms with Crippen molar-refractivity contribution in [2.45, 2.75) is 225 Å². The van der Waals surface area contributed by atoms with E-state index in [-0.39, 0.29) is 19.1 Å². The topological polar surface area (TPSA) is 105 Å². The Kier molecular flexibility index (Phi) is 36.3. The third-order valence-electron chi connectivity index (χ3n) is 10.3. The first-order valence-corrected chi connectivity index (χ1v) is 24.0. The van der Waals surface area contributed by atoms with Crippen LogP contribution in [0, 0.1) is 0 Å². The van der Waals surface area contributed by atoms with Crippen LogP contribution in [0.3, 0.4) is 0 Å². The molecule has 8 nitrogen and oxygen atoms in total. The maximum absolute atomic E-state index is 12.8. The molecule has 1 amide bonds. The smallest absolute Gasteiger partial charge is 0.391 e. The number of nitrogens with zero attached hydrogens (tertiary/aromatic N) is 1. The van der Waals surface area contributed by atoms with Gasteiger partial charge in [0.25, 0.3) is 0 Å². The van der Waals surface area contributed by atoms with Gasteiger partial charge < -0.3 is 19.8 Å². The Balaban J connectivity index is 3.99. The standard InChI is InChI=1S/C44H89N2O6P/c1-6-8-10-12-14-15-16-17-18-19-20-21-22-23-24-25-26-27-28-29-30-31-32-34-36-38-44(48)45-42(43(47)37-35-33-13-11-9-7-2)41-52-53(49,50)51-40-39-46(3,4)5/h19-20,42-43,47H,6-18,21-41H2,1-5H3,(H-,45,48,49,50)/p+1/b20-19-. The second-order valence-corrected chi connectivity index (χ2v) is 18.2. The summed E-state index contributed by atoms with van der Waals surface area (Å²) in [4.78, 5) is 23.0. The Hall–Kier alpha value is -0.760. The van der Waals surface area contributed by atoms with Crippen LogP contribution in [-0.2, 0) is 18.4 Å². The zero-order valence-electron chi connectivity index (χ0n) is 35.8. The van der Waals surface area contributed by atoms with Crippen molar-refractivity contribution in [3.8, 4) is 0 Å². The molecule has 0 radical (unpaired) electrons. The molecule has 3 N–H and O–H groups in total. The van der Waals surface area contributed by atoms with E-state index in [1.165, 1.54) is 148 Å². The SMILES string of the molecule is CCCCCCCCCC/C=C\CCCCCCCCCCCCCCCC(=O)NC(COP(=O)(O)OCC[N+](C)(C)C)C(O)CCCCCCCC. The number of phosphoric ester groups is 1. The van der Waals surface area contributed by atoms with E-state index in [1.807, 2.05) is 21.1 Å². The number of hydrogen-bond acceptors (Lipinski definition) is 5. The van der Waals surface area contributed by atoms with Gasteiger partial charge in [-0.25, -0.2) is 4.57 Å². The number of carbonyl (C=O) groups excluding carboxylic acids is 1. The average Bonchev–Trinajstić information content (AvgIpc) is 3.10. The van der Waals surface area contributed by atoms with Crippen molar-refractivity contribution >= 4 is 13.7 Å². The highest BCUT2D eigenvalue weighted by Gasteiger charge is 2.28. The summed E-state index contributed by atoms with van der Waals surface area (Å²) < 4.78 is 23.5. The minimum absolute atomic E-state index is 0.0759. The molecule has 0 saturated carbocycles. The van der Waals surface area contributed by atoms with E-state index in [4.69, 9.17) is 9.05 Å². The summed E-state index contributed by atoms with van der Waals surface area (Å²) in [6.07, 6.45) is 41.4. The number of rotatable bonds is 41. The Labute approximate surface area is 329 Å². The second kappa shape index (κ2) is 36.9. The first-order chi connectivity index (χ1) is 25.5. The van der Waals surface area contributed by atoms with Gasteiger partial charge in [-0.05, 0) is 38.5 Å². The molecule has 0 saturated heterocycles. The third-order valence-corrected chi connectivity index (χ3v) is 11.2. The van der Waals surface area contributed by atoms with Crippen LogP contribution in [0.25, 0.3) is 0 Å². The number of carbonyl (C=O) groups is 1. The Morgan fingerprint density at radius 2 is 1.02 bits per heavy atom. The summed E-state index contributed by atoms with van der Waals surface area (Å²) in [5, 5.41) is 13.8. The molecule has 316 valence electrons. The lowest BCUT2D eigenvalue weighted by molar-refractivity contribution is -0.870. The van der Waals surface area contributed by atoms with E-state index >= 15 is 0 Å². The molecular weight excluding hydrogens is 683 g/mol. The molecular formula is C44H90N2O6P+. The van der Waals surface area contributed by atoms with Gasteiger partial charge in [0.2, 0.25) is 5.91 Å². The van der Waals surface area contributed by atoms with Crippen molar-refractivity contribution in [2.24, 2.45) is 0 Å². The molecule has 0 bridgehead atoms. The molecule has 0 aromatic carbocycles. The van der Waals surface area contributed by atoms with Crippen LogP contribution in [0.15, 0.2) is 12.2 Å². The molecule has 0 aromatic heterocycles. The van der Waals surface area contributed by atoms with E-state index < -0.39 is 20.0 Å². The fraction of sp³-hybridized carbons (Fsp3) is 0.932. The molecule has 0 aromatic rings. The van der Waals surface area contributed by atoms with E-state index in [9.17, 15) is 19.4 Å². The molecule has 0 rings (SSSR count). The van der Waals surface area contributed by atoms with Crippen LogP contribution in [0.5, 0.6) is 0 Å². The summed E-state index contributed by atoms with van der Waals surface area (Å²) in [7, 11) is 1.62. The summed E-state index contributed by atoms with van der Waals surface area (Å²) >= 11 is 0. The number of allylic oxidation sites excluding steroid dienone is 2. The fourth-order valence-electron chi connectivity index (χ4n) is 6.63. The van der Waals surface area contributed by atoms with Crippen LogP contribution in [0.4, 0.5) is 0 Å². The van der Waals surface area contributed by atoms with Gasteiger partial charge in [-0.1, -0.05) is 180 Å². The van der Waals surface area contributed by atoms with E-state index in [1.54, 1.807) is 0 Å². The number of aliphatic hydroxyl groups is 1. The summed E-state index contributed by atoms with van der Waals surface area (Å²) in [5.74, 6) is -0.148. The molecule has 0 aliphatic carbocycles. The Morgan fingerprint density at radius 1 is 0.623 bits per heavy atom. The van der Waals surface area contributed by atoms with Crippen molar-refractivity contribution in [1.82, 2.24) is 5.32 Å². The maximum Gasteiger partial charge on any atom is 0.472 e. The van der Waals surface area contributed by atoms with Gasteiger partial charge >= 0.3 is 7.82 Å². The van der Waals surface area contributed by atoms with Crippen molar-refractivity contribution in [3.05, 3.63) is 12.2 Å². The number of amides is 1. The van der Waals surface area contributed by atoms with Crippen molar-refractivity contribution in [3.63, 3.8) is 0 Å². The zero-order valence-corrected chi connectivity index (χ0v) is 36.7. The van der Waals surface area contributed by atoms with E-state index in [0.717, 1.165) is 38.5 Å². The number of nitrogens with one attached hydrogen (secondary N) is 1. The maximum atomic E-state index is 12.8. The summed E-state index contributed by atoms with van der Waals surface area (Å²) in [6.45, 7) is 4.83.